The summed E-state index contributed by atoms with van der Waals surface area (Å²) in [4.78, 5) is 0. The molecule has 0 aliphatic heterocycles. The Bertz CT molecular complexity index is 177. The molecule has 0 spiro atoms. The highest BCUT2D eigenvalue weighted by Crippen LogP contribution is 2.26. The minimum absolute atomic E-state index is 0.855. The number of hydrogen-bond donors (Lipinski definition) is 0. The van der Waals surface area contributed by atoms with Crippen LogP contribution in [-0.4, -0.2) is 25.4 Å². The van der Waals surface area contributed by atoms with Gasteiger partial charge in [0.1, 0.15) is 8.24 Å². The first-order valence-electron chi connectivity index (χ1n) is 5.93. The van der Waals surface area contributed by atoms with Crippen molar-refractivity contribution in [3.63, 3.8) is 0 Å². The van der Waals surface area contributed by atoms with Gasteiger partial charge in [0.15, 0.2) is 0 Å². The second kappa shape index (κ2) is 5.13. The van der Waals surface area contributed by atoms with Crippen molar-refractivity contribution >= 4 is 8.24 Å². The summed E-state index contributed by atoms with van der Waals surface area (Å²) in [5.41, 5.74) is 0. The summed E-state index contributed by atoms with van der Waals surface area (Å²) in [7, 11) is -1.13. The highest BCUT2D eigenvalue weighted by atomic mass is 28.3. The molecule has 1 rings (SSSR count). The van der Waals surface area contributed by atoms with Crippen molar-refractivity contribution in [2.45, 2.75) is 57.8 Å². The van der Waals surface area contributed by atoms with Crippen LogP contribution in [0.15, 0.2) is 12.7 Å². The van der Waals surface area contributed by atoms with E-state index in [2.05, 4.69) is 36.9 Å². The van der Waals surface area contributed by atoms with Crippen LogP contribution in [0.4, 0.5) is 0 Å². The van der Waals surface area contributed by atoms with Crippen LogP contribution in [0, 0.1) is 0 Å². The summed E-state index contributed by atoms with van der Waals surface area (Å²) in [5, 5.41) is 0. The van der Waals surface area contributed by atoms with Crippen molar-refractivity contribution in [1.82, 2.24) is 4.57 Å². The minimum atomic E-state index is -1.13. The molecule has 82 valence electrons. The van der Waals surface area contributed by atoms with Gasteiger partial charge in [-0.1, -0.05) is 45.0 Å². The largest absolute Gasteiger partial charge is 0.318 e. The van der Waals surface area contributed by atoms with E-state index in [1.54, 1.807) is 0 Å². The molecular formula is C12H25NSi. The van der Waals surface area contributed by atoms with E-state index >= 15 is 0 Å². The van der Waals surface area contributed by atoms with Gasteiger partial charge in [-0.3, -0.25) is 0 Å². The summed E-state index contributed by atoms with van der Waals surface area (Å²) in [6, 6.07) is 0.855. The molecule has 14 heavy (non-hydrogen) atoms. The molecule has 0 N–H and O–H groups in total. The molecular weight excluding hydrogens is 186 g/mol. The lowest BCUT2D eigenvalue weighted by Gasteiger charge is -2.41. The molecule has 1 fully saturated rings. The van der Waals surface area contributed by atoms with Gasteiger partial charge in [0.25, 0.3) is 0 Å². The van der Waals surface area contributed by atoms with E-state index in [9.17, 15) is 0 Å². The Morgan fingerprint density at radius 1 is 1.21 bits per heavy atom. The zero-order chi connectivity index (χ0) is 10.6. The molecule has 0 bridgehead atoms. The van der Waals surface area contributed by atoms with Gasteiger partial charge in [-0.15, -0.1) is 6.58 Å². The fourth-order valence-electron chi connectivity index (χ4n) is 2.50. The lowest BCUT2D eigenvalue weighted by molar-refractivity contribution is 0.263. The first-order valence-corrected chi connectivity index (χ1v) is 9.38. The average Bonchev–Trinajstić information content (AvgIpc) is 2.14. The highest BCUT2D eigenvalue weighted by Gasteiger charge is 2.30. The molecule has 0 atom stereocenters. The molecule has 0 aromatic heterocycles. The van der Waals surface area contributed by atoms with E-state index in [1.807, 2.05) is 0 Å². The van der Waals surface area contributed by atoms with Gasteiger partial charge < -0.3 is 4.57 Å². The molecule has 1 aliphatic rings. The van der Waals surface area contributed by atoms with Crippen molar-refractivity contribution in [3.8, 4) is 0 Å². The fourth-order valence-corrected chi connectivity index (χ4v) is 4.53. The topological polar surface area (TPSA) is 3.24 Å². The van der Waals surface area contributed by atoms with Crippen LogP contribution in [0.25, 0.3) is 0 Å². The maximum Gasteiger partial charge on any atom is 0.119 e. The van der Waals surface area contributed by atoms with Gasteiger partial charge in [-0.25, -0.2) is 0 Å². The first-order chi connectivity index (χ1) is 6.55. The molecule has 0 radical (unpaired) electrons. The lowest BCUT2D eigenvalue weighted by atomic mass is 9.95. The molecule has 0 unspecified atom stereocenters. The maximum absolute atomic E-state index is 3.89. The van der Waals surface area contributed by atoms with Crippen LogP contribution >= 0.6 is 0 Å². The summed E-state index contributed by atoms with van der Waals surface area (Å²) in [5.74, 6) is 0. The molecule has 1 saturated carbocycles. The average molecular weight is 211 g/mol. The van der Waals surface area contributed by atoms with Crippen molar-refractivity contribution in [2.75, 3.05) is 6.54 Å². The molecule has 1 nitrogen and oxygen atoms in total. The second-order valence-electron chi connectivity index (χ2n) is 5.40. The number of nitrogens with zero attached hydrogens (tertiary/aromatic N) is 1. The van der Waals surface area contributed by atoms with Crippen LogP contribution in [0.3, 0.4) is 0 Å². The van der Waals surface area contributed by atoms with Gasteiger partial charge >= 0.3 is 0 Å². The standard InChI is InChI=1S/C12H25NSi/c1-5-11-13(14(2,3)4)12-9-7-6-8-10-12/h5,12H,1,6-11H2,2-4H3. The van der Waals surface area contributed by atoms with Crippen LogP contribution in [-0.2, 0) is 0 Å². The lowest BCUT2D eigenvalue weighted by Crippen LogP contribution is -2.52. The predicted molar refractivity (Wildman–Crippen MR) is 67.1 cm³/mol. The Morgan fingerprint density at radius 2 is 1.79 bits per heavy atom. The van der Waals surface area contributed by atoms with E-state index < -0.39 is 8.24 Å². The molecule has 0 saturated heterocycles. The molecule has 0 heterocycles. The molecule has 0 aromatic carbocycles. The van der Waals surface area contributed by atoms with Crippen LogP contribution in [0.2, 0.25) is 19.6 Å². The van der Waals surface area contributed by atoms with Crippen molar-refractivity contribution in [3.05, 3.63) is 12.7 Å². The molecule has 0 amide bonds. The molecule has 2 heteroatoms. The minimum Gasteiger partial charge on any atom is -0.318 e. The van der Waals surface area contributed by atoms with E-state index in [4.69, 9.17) is 0 Å². The van der Waals surface area contributed by atoms with E-state index in [-0.39, 0.29) is 0 Å². The van der Waals surface area contributed by atoms with Gasteiger partial charge in [0.05, 0.1) is 0 Å². The summed E-state index contributed by atoms with van der Waals surface area (Å²) in [6.45, 7) is 12.3. The quantitative estimate of drug-likeness (QED) is 0.507. The maximum atomic E-state index is 3.89. The number of rotatable bonds is 4. The zero-order valence-electron chi connectivity index (χ0n) is 10.1. The normalized spacial score (nSPS) is 20.0. The van der Waals surface area contributed by atoms with Gasteiger partial charge in [0, 0.05) is 12.6 Å². The monoisotopic (exact) mass is 211 g/mol. The molecule has 0 aromatic rings. The third-order valence-electron chi connectivity index (χ3n) is 3.20. The van der Waals surface area contributed by atoms with E-state index in [0.29, 0.717) is 0 Å². The Labute approximate surface area is 90.3 Å². The van der Waals surface area contributed by atoms with Crippen LogP contribution in [0.1, 0.15) is 32.1 Å². The predicted octanol–water partition coefficient (Wildman–Crippen LogP) is 3.64. The Kier molecular flexibility index (Phi) is 4.39. The summed E-state index contributed by atoms with van der Waals surface area (Å²) >= 11 is 0. The number of hydrogen-bond acceptors (Lipinski definition) is 1. The first kappa shape index (κ1) is 12.0. The zero-order valence-corrected chi connectivity index (χ0v) is 11.1. The SMILES string of the molecule is C=CCN(C1CCCCC1)[Si](C)(C)C. The van der Waals surface area contributed by atoms with E-state index in [0.717, 1.165) is 12.6 Å². The fraction of sp³-hybridized carbons (Fsp3) is 0.833. The van der Waals surface area contributed by atoms with E-state index in [1.165, 1.54) is 32.1 Å². The van der Waals surface area contributed by atoms with Crippen molar-refractivity contribution in [1.29, 1.82) is 0 Å². The van der Waals surface area contributed by atoms with Gasteiger partial charge in [-0.05, 0) is 12.8 Å². The third kappa shape index (κ3) is 3.25. The van der Waals surface area contributed by atoms with Gasteiger partial charge in [-0.2, -0.15) is 0 Å². The van der Waals surface area contributed by atoms with Crippen molar-refractivity contribution in [2.24, 2.45) is 0 Å². The smallest absolute Gasteiger partial charge is 0.119 e. The highest BCUT2D eigenvalue weighted by molar-refractivity contribution is 6.73. The van der Waals surface area contributed by atoms with Gasteiger partial charge in [0.2, 0.25) is 0 Å². The Balaban J connectivity index is 2.60. The summed E-state index contributed by atoms with van der Waals surface area (Å²) in [6.07, 6.45) is 9.22. The third-order valence-corrected chi connectivity index (χ3v) is 5.47. The summed E-state index contributed by atoms with van der Waals surface area (Å²) < 4.78 is 2.75. The van der Waals surface area contributed by atoms with Crippen LogP contribution in [0.5, 0.6) is 0 Å². The molecule has 1 aliphatic carbocycles. The second-order valence-corrected chi connectivity index (χ2v) is 10.3. The Morgan fingerprint density at radius 3 is 2.21 bits per heavy atom. The Hall–Kier alpha value is -0.0831. The van der Waals surface area contributed by atoms with Crippen molar-refractivity contribution < 1.29 is 0 Å². The van der Waals surface area contributed by atoms with Crippen LogP contribution < -0.4 is 0 Å².